The van der Waals surface area contributed by atoms with Crippen LogP contribution in [0.25, 0.3) is 0 Å². The van der Waals surface area contributed by atoms with Gasteiger partial charge in [-0.1, -0.05) is 35.9 Å². The van der Waals surface area contributed by atoms with E-state index in [-0.39, 0.29) is 18.3 Å². The molecular weight excluding hydrogens is 264 g/mol. The van der Waals surface area contributed by atoms with E-state index in [1.165, 1.54) is 6.07 Å². The molecule has 2 aromatic rings. The number of phenols is 1. The smallest absolute Gasteiger partial charge is 0.123 e. The van der Waals surface area contributed by atoms with Crippen LogP contribution in [0.4, 0.5) is 0 Å². The van der Waals surface area contributed by atoms with Gasteiger partial charge in [-0.3, -0.25) is 0 Å². The Labute approximate surface area is 117 Å². The number of rotatable bonds is 5. The lowest BCUT2D eigenvalue weighted by Crippen LogP contribution is -2.14. The van der Waals surface area contributed by atoms with Crippen LogP contribution in [0.3, 0.4) is 0 Å². The fourth-order valence-corrected chi connectivity index (χ4v) is 2.11. The molecule has 0 radical (unpaired) electrons. The van der Waals surface area contributed by atoms with Crippen LogP contribution in [0.15, 0.2) is 48.5 Å². The molecule has 3 nitrogen and oxygen atoms in total. The van der Waals surface area contributed by atoms with Crippen LogP contribution >= 0.6 is 11.6 Å². The lowest BCUT2D eigenvalue weighted by atomic mass is 10.0. The van der Waals surface area contributed by atoms with E-state index in [0.29, 0.717) is 17.4 Å². The first kappa shape index (κ1) is 13.7. The normalized spacial score (nSPS) is 12.1. The Morgan fingerprint density at radius 3 is 2.58 bits per heavy atom. The maximum atomic E-state index is 9.45. The van der Waals surface area contributed by atoms with Gasteiger partial charge in [0.2, 0.25) is 0 Å². The number of halogens is 1. The molecule has 1 atom stereocenters. The molecule has 4 heteroatoms. The minimum atomic E-state index is -0.198. The molecule has 0 aliphatic carbocycles. The number of phenolic OH excluding ortho intramolecular Hbond substituents is 1. The van der Waals surface area contributed by atoms with Crippen molar-refractivity contribution in [3.05, 3.63) is 59.1 Å². The fraction of sp³-hybridized carbons (Fsp3) is 0.200. The van der Waals surface area contributed by atoms with Crippen molar-refractivity contribution in [3.63, 3.8) is 0 Å². The maximum absolute atomic E-state index is 9.45. The molecule has 0 saturated heterocycles. The third kappa shape index (κ3) is 3.63. The topological polar surface area (TPSA) is 49.7 Å². The van der Waals surface area contributed by atoms with Crippen molar-refractivity contribution in [2.24, 2.45) is 0 Å². The second-order valence-electron chi connectivity index (χ2n) is 4.21. The molecule has 0 aromatic heterocycles. The van der Waals surface area contributed by atoms with E-state index in [0.717, 1.165) is 5.56 Å². The summed E-state index contributed by atoms with van der Waals surface area (Å²) in [7, 11) is 0. The average Bonchev–Trinajstić information content (AvgIpc) is 2.41. The summed E-state index contributed by atoms with van der Waals surface area (Å²) < 4.78 is 5.57. The summed E-state index contributed by atoms with van der Waals surface area (Å²) in [5.41, 5.74) is 0.854. The molecule has 0 aliphatic rings. The van der Waals surface area contributed by atoms with Gasteiger partial charge in [0, 0.05) is 17.0 Å². The standard InChI is InChI=1S/C15H15ClO3/c16-15-7-2-1-6-14(15)11(9-17)10-19-13-5-3-4-12(18)8-13/h1-8,11,17-18H,9-10H2. The first-order chi connectivity index (χ1) is 9.20. The predicted octanol–water partition coefficient (Wildman–Crippen LogP) is 3.20. The van der Waals surface area contributed by atoms with E-state index in [9.17, 15) is 10.2 Å². The van der Waals surface area contributed by atoms with Gasteiger partial charge >= 0.3 is 0 Å². The lowest BCUT2D eigenvalue weighted by molar-refractivity contribution is 0.205. The monoisotopic (exact) mass is 278 g/mol. The summed E-state index contributed by atoms with van der Waals surface area (Å²) in [6.07, 6.45) is 0. The van der Waals surface area contributed by atoms with Crippen LogP contribution in [-0.2, 0) is 0 Å². The highest BCUT2D eigenvalue weighted by Crippen LogP contribution is 2.26. The average molecular weight is 279 g/mol. The largest absolute Gasteiger partial charge is 0.508 e. The summed E-state index contributed by atoms with van der Waals surface area (Å²) >= 11 is 6.10. The van der Waals surface area contributed by atoms with E-state index < -0.39 is 0 Å². The maximum Gasteiger partial charge on any atom is 0.123 e. The molecule has 0 heterocycles. The third-order valence-corrected chi connectivity index (χ3v) is 3.18. The fourth-order valence-electron chi connectivity index (χ4n) is 1.82. The molecule has 2 rings (SSSR count). The zero-order chi connectivity index (χ0) is 13.7. The Hall–Kier alpha value is -1.71. The number of aliphatic hydroxyl groups is 1. The minimum absolute atomic E-state index is 0.0530. The summed E-state index contributed by atoms with van der Waals surface area (Å²) in [5.74, 6) is 0.511. The molecule has 0 spiro atoms. The molecule has 19 heavy (non-hydrogen) atoms. The molecule has 0 saturated carbocycles. The Morgan fingerprint density at radius 1 is 1.11 bits per heavy atom. The SMILES string of the molecule is OCC(COc1cccc(O)c1)c1ccccc1Cl. The summed E-state index contributed by atoms with van der Waals surface area (Å²) in [5, 5.41) is 19.4. The lowest BCUT2D eigenvalue weighted by Gasteiger charge is -2.17. The van der Waals surface area contributed by atoms with Crippen molar-refractivity contribution in [2.45, 2.75) is 5.92 Å². The van der Waals surface area contributed by atoms with Crippen molar-refractivity contribution in [2.75, 3.05) is 13.2 Å². The first-order valence-corrected chi connectivity index (χ1v) is 6.35. The minimum Gasteiger partial charge on any atom is -0.508 e. The summed E-state index contributed by atoms with van der Waals surface area (Å²) in [6.45, 7) is 0.242. The molecule has 100 valence electrons. The van der Waals surface area contributed by atoms with E-state index in [4.69, 9.17) is 16.3 Å². The van der Waals surface area contributed by atoms with Gasteiger partial charge in [0.25, 0.3) is 0 Å². The van der Waals surface area contributed by atoms with Crippen LogP contribution < -0.4 is 4.74 Å². The zero-order valence-corrected chi connectivity index (χ0v) is 11.0. The first-order valence-electron chi connectivity index (χ1n) is 5.98. The summed E-state index contributed by atoms with van der Waals surface area (Å²) in [6, 6.07) is 13.9. The predicted molar refractivity (Wildman–Crippen MR) is 74.9 cm³/mol. The molecule has 2 N–H and O–H groups in total. The number of hydrogen-bond acceptors (Lipinski definition) is 3. The van der Waals surface area contributed by atoms with E-state index in [1.54, 1.807) is 24.3 Å². The van der Waals surface area contributed by atoms with Crippen LogP contribution in [0.1, 0.15) is 11.5 Å². The van der Waals surface area contributed by atoms with Gasteiger partial charge in [-0.25, -0.2) is 0 Å². The molecule has 0 fully saturated rings. The van der Waals surface area contributed by atoms with Crippen LogP contribution in [0.5, 0.6) is 11.5 Å². The summed E-state index contributed by atoms with van der Waals surface area (Å²) in [4.78, 5) is 0. The van der Waals surface area contributed by atoms with E-state index >= 15 is 0 Å². The highest BCUT2D eigenvalue weighted by molar-refractivity contribution is 6.31. The van der Waals surface area contributed by atoms with Crippen molar-refractivity contribution in [1.29, 1.82) is 0 Å². The number of benzene rings is 2. The Kier molecular flexibility index (Phi) is 4.66. The Bertz CT molecular complexity index is 542. The number of ether oxygens (including phenoxy) is 1. The van der Waals surface area contributed by atoms with Gasteiger partial charge in [0.05, 0.1) is 13.2 Å². The van der Waals surface area contributed by atoms with Gasteiger partial charge in [-0.2, -0.15) is 0 Å². The molecular formula is C15H15ClO3. The van der Waals surface area contributed by atoms with Gasteiger partial charge in [0.15, 0.2) is 0 Å². The molecule has 1 unspecified atom stereocenters. The van der Waals surface area contributed by atoms with Gasteiger partial charge < -0.3 is 14.9 Å². The van der Waals surface area contributed by atoms with Crippen molar-refractivity contribution < 1.29 is 14.9 Å². The van der Waals surface area contributed by atoms with Gasteiger partial charge in [0.1, 0.15) is 11.5 Å². The van der Waals surface area contributed by atoms with Crippen molar-refractivity contribution in [1.82, 2.24) is 0 Å². The van der Waals surface area contributed by atoms with Crippen LogP contribution in [-0.4, -0.2) is 23.4 Å². The molecule has 0 bridgehead atoms. The molecule has 0 aliphatic heterocycles. The second-order valence-corrected chi connectivity index (χ2v) is 4.62. The van der Waals surface area contributed by atoms with Crippen molar-refractivity contribution >= 4 is 11.6 Å². The molecule has 2 aromatic carbocycles. The van der Waals surface area contributed by atoms with Gasteiger partial charge in [-0.05, 0) is 23.8 Å². The number of aliphatic hydroxyl groups excluding tert-OH is 1. The van der Waals surface area contributed by atoms with Gasteiger partial charge in [-0.15, -0.1) is 0 Å². The Morgan fingerprint density at radius 2 is 1.89 bits per heavy atom. The van der Waals surface area contributed by atoms with Crippen LogP contribution in [0.2, 0.25) is 5.02 Å². The zero-order valence-electron chi connectivity index (χ0n) is 10.3. The highest BCUT2D eigenvalue weighted by Gasteiger charge is 2.14. The third-order valence-electron chi connectivity index (χ3n) is 2.83. The number of hydrogen-bond donors (Lipinski definition) is 2. The van der Waals surface area contributed by atoms with E-state index in [2.05, 4.69) is 0 Å². The van der Waals surface area contributed by atoms with Crippen LogP contribution in [0, 0.1) is 0 Å². The number of aromatic hydroxyl groups is 1. The van der Waals surface area contributed by atoms with E-state index in [1.807, 2.05) is 18.2 Å². The highest BCUT2D eigenvalue weighted by atomic mass is 35.5. The quantitative estimate of drug-likeness (QED) is 0.883. The second kappa shape index (κ2) is 6.45. The molecule has 0 amide bonds. The van der Waals surface area contributed by atoms with Crippen molar-refractivity contribution in [3.8, 4) is 11.5 Å². The Balaban J connectivity index is 2.06.